The summed E-state index contributed by atoms with van der Waals surface area (Å²) in [6, 6.07) is 0. The molecule has 0 fully saturated rings. The van der Waals surface area contributed by atoms with E-state index in [9.17, 15) is 43.2 Å². The standard InChI is InChI=1S/C81H158O17P2/c1-7-9-11-13-15-17-19-21-22-23-28-34-40-46-52-58-64-79(84)92-69-76(97-80(85)65-59-53-47-41-35-29-25-24-27-31-37-43-49-55-61-73(3)4)71-95-99(87,88)93-67-75(82)68-94-100(89,90)96-72-77(70-91-78(83)63-57-51-45-39-33-26-20-18-16-14-12-10-8-2)98-81(86)66-60-54-48-42-36-30-32-38-44-50-56-62-74(5)6/h73-77,82H,7-72H2,1-6H3,(H,87,88)(H,89,90)/t75-,76-,77-/m1/s1. The number of hydrogen-bond acceptors (Lipinski definition) is 15. The number of unbranched alkanes of at least 4 members (excludes halogenated alkanes) is 50. The van der Waals surface area contributed by atoms with Crippen molar-refractivity contribution in [3.05, 3.63) is 0 Å². The van der Waals surface area contributed by atoms with Gasteiger partial charge in [0.25, 0.3) is 0 Å². The highest BCUT2D eigenvalue weighted by Crippen LogP contribution is 2.45. The summed E-state index contributed by atoms with van der Waals surface area (Å²) in [6.07, 6.45) is 62.2. The van der Waals surface area contributed by atoms with Crippen molar-refractivity contribution in [1.29, 1.82) is 0 Å². The summed E-state index contributed by atoms with van der Waals surface area (Å²) in [4.78, 5) is 73.1. The van der Waals surface area contributed by atoms with Crippen molar-refractivity contribution >= 4 is 39.5 Å². The minimum atomic E-state index is -4.96. The molecule has 0 rings (SSSR count). The summed E-state index contributed by atoms with van der Waals surface area (Å²) in [6.45, 7) is 9.67. The van der Waals surface area contributed by atoms with Gasteiger partial charge in [-0.25, -0.2) is 9.13 Å². The molecule has 0 bridgehead atoms. The first-order valence-corrected chi connectivity index (χ1v) is 45.0. The molecule has 2 unspecified atom stereocenters. The third kappa shape index (κ3) is 74.3. The Balaban J connectivity index is 5.27. The van der Waals surface area contributed by atoms with Crippen molar-refractivity contribution in [3.8, 4) is 0 Å². The van der Waals surface area contributed by atoms with Gasteiger partial charge in [0.2, 0.25) is 0 Å². The molecule has 100 heavy (non-hydrogen) atoms. The van der Waals surface area contributed by atoms with E-state index >= 15 is 0 Å². The molecule has 0 saturated carbocycles. The van der Waals surface area contributed by atoms with E-state index in [-0.39, 0.29) is 25.7 Å². The minimum absolute atomic E-state index is 0.107. The number of hydrogen-bond donors (Lipinski definition) is 3. The molecule has 3 N–H and O–H groups in total. The van der Waals surface area contributed by atoms with Crippen LogP contribution in [-0.4, -0.2) is 96.7 Å². The molecule has 594 valence electrons. The van der Waals surface area contributed by atoms with E-state index in [0.717, 1.165) is 102 Å². The first-order valence-electron chi connectivity index (χ1n) is 42.0. The van der Waals surface area contributed by atoms with Crippen LogP contribution in [0.5, 0.6) is 0 Å². The van der Waals surface area contributed by atoms with Gasteiger partial charge in [-0.15, -0.1) is 0 Å². The lowest BCUT2D eigenvalue weighted by atomic mass is 10.0. The fourth-order valence-corrected chi connectivity index (χ4v) is 14.1. The van der Waals surface area contributed by atoms with Gasteiger partial charge in [0.15, 0.2) is 12.2 Å². The number of phosphoric ester groups is 2. The quantitative estimate of drug-likeness (QED) is 0.0222. The first-order chi connectivity index (χ1) is 48.4. The number of aliphatic hydroxyl groups excluding tert-OH is 1. The zero-order valence-electron chi connectivity index (χ0n) is 65.5. The molecule has 17 nitrogen and oxygen atoms in total. The first kappa shape index (κ1) is 98.1. The Kier molecular flexibility index (Phi) is 71.2. The molecule has 0 radical (unpaired) electrons. The third-order valence-electron chi connectivity index (χ3n) is 19.0. The number of ether oxygens (including phenoxy) is 4. The van der Waals surface area contributed by atoms with Crippen LogP contribution in [-0.2, 0) is 65.4 Å². The van der Waals surface area contributed by atoms with Gasteiger partial charge >= 0.3 is 39.5 Å². The van der Waals surface area contributed by atoms with Crippen LogP contribution < -0.4 is 0 Å². The normalized spacial score (nSPS) is 13.9. The van der Waals surface area contributed by atoms with E-state index in [2.05, 4.69) is 41.5 Å². The zero-order chi connectivity index (χ0) is 73.5. The molecule has 5 atom stereocenters. The van der Waals surface area contributed by atoms with Crippen LogP contribution in [0.4, 0.5) is 0 Å². The number of carbonyl (C=O) groups excluding carboxylic acids is 4. The van der Waals surface area contributed by atoms with Crippen molar-refractivity contribution in [2.45, 2.75) is 445 Å². The third-order valence-corrected chi connectivity index (χ3v) is 20.9. The molecule has 0 aliphatic carbocycles. The number of aliphatic hydroxyl groups is 1. The van der Waals surface area contributed by atoms with Gasteiger partial charge in [0.05, 0.1) is 26.4 Å². The maximum atomic E-state index is 13.1. The van der Waals surface area contributed by atoms with Crippen LogP contribution >= 0.6 is 15.6 Å². The number of carbonyl (C=O) groups is 4. The summed E-state index contributed by atoms with van der Waals surface area (Å²) in [5.74, 6) is -0.545. The van der Waals surface area contributed by atoms with Crippen LogP contribution in [0.1, 0.15) is 427 Å². The molecule has 0 aromatic heterocycles. The van der Waals surface area contributed by atoms with Crippen molar-refractivity contribution in [1.82, 2.24) is 0 Å². The summed E-state index contributed by atoms with van der Waals surface area (Å²) >= 11 is 0. The second-order valence-electron chi connectivity index (χ2n) is 30.1. The maximum Gasteiger partial charge on any atom is 0.472 e. The molecular formula is C81H158O17P2. The van der Waals surface area contributed by atoms with Crippen molar-refractivity contribution < 1.29 is 80.2 Å². The Morgan fingerprint density at radius 1 is 0.270 bits per heavy atom. The van der Waals surface area contributed by atoms with E-state index in [1.807, 2.05) is 0 Å². The van der Waals surface area contributed by atoms with E-state index < -0.39 is 97.5 Å². The van der Waals surface area contributed by atoms with E-state index in [0.29, 0.717) is 25.7 Å². The van der Waals surface area contributed by atoms with Gasteiger partial charge < -0.3 is 33.8 Å². The largest absolute Gasteiger partial charge is 0.472 e. The van der Waals surface area contributed by atoms with Gasteiger partial charge in [-0.3, -0.25) is 37.3 Å². The molecular weight excluding hydrogens is 1310 g/mol. The van der Waals surface area contributed by atoms with Gasteiger partial charge in [0, 0.05) is 25.7 Å². The number of esters is 4. The molecule has 0 saturated heterocycles. The Bertz CT molecular complexity index is 1920. The van der Waals surface area contributed by atoms with Crippen molar-refractivity contribution in [3.63, 3.8) is 0 Å². The number of rotatable bonds is 80. The van der Waals surface area contributed by atoms with Gasteiger partial charge in [0.1, 0.15) is 19.3 Å². The monoisotopic (exact) mass is 1470 g/mol. The second kappa shape index (κ2) is 72.6. The van der Waals surface area contributed by atoms with E-state index in [1.54, 1.807) is 0 Å². The topological polar surface area (TPSA) is 237 Å². The lowest BCUT2D eigenvalue weighted by Gasteiger charge is -2.21. The predicted molar refractivity (Wildman–Crippen MR) is 409 cm³/mol. The molecule has 0 aliphatic rings. The van der Waals surface area contributed by atoms with Gasteiger partial charge in [-0.2, -0.15) is 0 Å². The highest BCUT2D eigenvalue weighted by Gasteiger charge is 2.30. The van der Waals surface area contributed by atoms with Crippen LogP contribution in [0.15, 0.2) is 0 Å². The van der Waals surface area contributed by atoms with Crippen molar-refractivity contribution in [2.75, 3.05) is 39.6 Å². The van der Waals surface area contributed by atoms with Crippen LogP contribution in [0.2, 0.25) is 0 Å². The fourth-order valence-electron chi connectivity index (χ4n) is 12.5. The molecule has 0 aromatic carbocycles. The van der Waals surface area contributed by atoms with E-state index in [1.165, 1.54) is 244 Å². The Morgan fingerprint density at radius 2 is 0.460 bits per heavy atom. The maximum absolute atomic E-state index is 13.1. The van der Waals surface area contributed by atoms with Crippen LogP contribution in [0, 0.1) is 11.8 Å². The summed E-state index contributed by atoms with van der Waals surface area (Å²) in [5.41, 5.74) is 0. The fraction of sp³-hybridized carbons (Fsp3) is 0.951. The predicted octanol–water partition coefficient (Wildman–Crippen LogP) is 24.3. The average molecular weight is 1470 g/mol. The zero-order valence-corrected chi connectivity index (χ0v) is 67.3. The van der Waals surface area contributed by atoms with Crippen LogP contribution in [0.25, 0.3) is 0 Å². The van der Waals surface area contributed by atoms with Gasteiger partial charge in [-0.05, 0) is 37.5 Å². The smallest absolute Gasteiger partial charge is 0.462 e. The summed E-state index contributed by atoms with van der Waals surface area (Å²) < 4.78 is 68.8. The molecule has 0 heterocycles. The van der Waals surface area contributed by atoms with Crippen molar-refractivity contribution in [2.24, 2.45) is 11.8 Å². The van der Waals surface area contributed by atoms with Gasteiger partial charge in [-0.1, -0.05) is 375 Å². The Morgan fingerprint density at radius 3 is 0.680 bits per heavy atom. The lowest BCUT2D eigenvalue weighted by molar-refractivity contribution is -0.161. The molecule has 0 amide bonds. The van der Waals surface area contributed by atoms with Crippen LogP contribution in [0.3, 0.4) is 0 Å². The molecule has 0 spiro atoms. The summed E-state index contributed by atoms with van der Waals surface area (Å²) in [5, 5.41) is 10.6. The second-order valence-corrected chi connectivity index (χ2v) is 33.0. The van der Waals surface area contributed by atoms with E-state index in [4.69, 9.17) is 37.0 Å². The molecule has 0 aromatic rings. The molecule has 0 aliphatic heterocycles. The average Bonchev–Trinajstić information content (AvgIpc) is 0.978. The lowest BCUT2D eigenvalue weighted by Crippen LogP contribution is -2.30. The summed E-state index contributed by atoms with van der Waals surface area (Å²) in [7, 11) is -9.92. The molecule has 19 heteroatoms. The highest BCUT2D eigenvalue weighted by molar-refractivity contribution is 7.47. The SMILES string of the molecule is CCCCCCCCCCCCCCCCCCC(=O)OC[C@H](COP(=O)(O)OC[C@@H](O)COP(=O)(O)OC[C@@H](COC(=O)CCCCCCCCCCCCCCC)OC(=O)CCCCCCCCCCCCCC(C)C)OC(=O)CCCCCCCCCCCCCCCCC(C)C. The number of phosphoric acid groups is 2. The highest BCUT2D eigenvalue weighted by atomic mass is 31.2. The minimum Gasteiger partial charge on any atom is -0.462 e. The Hall–Kier alpha value is -1.94. The Labute approximate surface area is 613 Å².